The molecule has 2 rings (SSSR count). The summed E-state index contributed by atoms with van der Waals surface area (Å²) in [7, 11) is 0. The number of hydrogen-bond donors (Lipinski definition) is 1. The van der Waals surface area contributed by atoms with Crippen LogP contribution in [0.4, 0.5) is 0 Å². The molecule has 2 aliphatic rings. The molecule has 20 heavy (non-hydrogen) atoms. The average molecular weight is 283 g/mol. The first-order valence-electron chi connectivity index (χ1n) is 8.47. The Morgan fingerprint density at radius 2 is 2.10 bits per heavy atom. The molecule has 0 spiro atoms. The molecule has 0 aromatic heterocycles. The number of ether oxygens (including phenoxy) is 1. The summed E-state index contributed by atoms with van der Waals surface area (Å²) in [5, 5.41) is 3.55. The van der Waals surface area contributed by atoms with E-state index >= 15 is 0 Å². The molecule has 0 aromatic rings. The van der Waals surface area contributed by atoms with Gasteiger partial charge in [-0.1, -0.05) is 0 Å². The van der Waals surface area contributed by atoms with Crippen molar-refractivity contribution in [2.75, 3.05) is 45.9 Å². The van der Waals surface area contributed by atoms with Gasteiger partial charge in [0.15, 0.2) is 0 Å². The van der Waals surface area contributed by atoms with Crippen molar-refractivity contribution in [1.82, 2.24) is 15.1 Å². The summed E-state index contributed by atoms with van der Waals surface area (Å²) in [6.45, 7) is 14.7. The van der Waals surface area contributed by atoms with Crippen LogP contribution in [0.3, 0.4) is 0 Å². The first kappa shape index (κ1) is 16.2. The van der Waals surface area contributed by atoms with Crippen LogP contribution in [0.1, 0.15) is 40.0 Å². The van der Waals surface area contributed by atoms with Gasteiger partial charge in [-0.25, -0.2) is 0 Å². The lowest BCUT2D eigenvalue weighted by Gasteiger charge is -2.42. The second kappa shape index (κ2) is 8.32. The fourth-order valence-electron chi connectivity index (χ4n) is 3.42. The third-order valence-electron chi connectivity index (χ3n) is 4.59. The maximum atomic E-state index is 5.55. The molecule has 4 nitrogen and oxygen atoms in total. The summed E-state index contributed by atoms with van der Waals surface area (Å²) in [6, 6.07) is 1.56. The van der Waals surface area contributed by atoms with Gasteiger partial charge in [0.05, 0.1) is 6.10 Å². The van der Waals surface area contributed by atoms with Crippen molar-refractivity contribution in [2.24, 2.45) is 0 Å². The van der Waals surface area contributed by atoms with E-state index in [1.54, 1.807) is 0 Å². The molecule has 0 bridgehead atoms. The Morgan fingerprint density at radius 1 is 1.25 bits per heavy atom. The van der Waals surface area contributed by atoms with Gasteiger partial charge in [-0.2, -0.15) is 0 Å². The predicted molar refractivity (Wildman–Crippen MR) is 84.2 cm³/mol. The number of fused-ring (bicyclic) bond motifs is 1. The normalized spacial score (nSPS) is 28.2. The van der Waals surface area contributed by atoms with E-state index in [2.05, 4.69) is 35.9 Å². The highest BCUT2D eigenvalue weighted by Crippen LogP contribution is 2.23. The fourth-order valence-corrected chi connectivity index (χ4v) is 3.42. The lowest BCUT2D eigenvalue weighted by atomic mass is 10.1. The molecule has 2 fully saturated rings. The van der Waals surface area contributed by atoms with Crippen LogP contribution in [0.25, 0.3) is 0 Å². The summed E-state index contributed by atoms with van der Waals surface area (Å²) in [5.74, 6) is 0. The molecule has 2 heterocycles. The van der Waals surface area contributed by atoms with E-state index in [4.69, 9.17) is 4.74 Å². The van der Waals surface area contributed by atoms with Gasteiger partial charge in [-0.3, -0.25) is 9.80 Å². The highest BCUT2D eigenvalue weighted by molar-refractivity contribution is 4.90. The van der Waals surface area contributed by atoms with E-state index in [9.17, 15) is 0 Å². The van der Waals surface area contributed by atoms with Crippen molar-refractivity contribution in [3.63, 3.8) is 0 Å². The summed E-state index contributed by atoms with van der Waals surface area (Å²) < 4.78 is 5.55. The SMILES string of the molecule is CC(C)OCCCNCCN1CC2CCCN2CC1C. The molecular formula is C16H33N3O. The highest BCUT2D eigenvalue weighted by Gasteiger charge is 2.33. The average Bonchev–Trinajstić information content (AvgIpc) is 2.84. The largest absolute Gasteiger partial charge is 0.379 e. The van der Waals surface area contributed by atoms with E-state index < -0.39 is 0 Å². The third kappa shape index (κ3) is 4.99. The molecule has 0 saturated carbocycles. The number of hydrogen-bond acceptors (Lipinski definition) is 4. The molecule has 0 amide bonds. The molecule has 4 heteroatoms. The van der Waals surface area contributed by atoms with Gasteiger partial charge in [0, 0.05) is 44.9 Å². The Hall–Kier alpha value is -0.160. The Labute approximate surface area is 124 Å². The zero-order valence-electron chi connectivity index (χ0n) is 13.6. The minimum absolute atomic E-state index is 0.360. The molecule has 2 atom stereocenters. The van der Waals surface area contributed by atoms with E-state index in [0.29, 0.717) is 6.10 Å². The van der Waals surface area contributed by atoms with Crippen molar-refractivity contribution in [3.05, 3.63) is 0 Å². The van der Waals surface area contributed by atoms with Crippen LogP contribution in [-0.2, 0) is 4.74 Å². The minimum atomic E-state index is 0.360. The van der Waals surface area contributed by atoms with Crippen LogP contribution in [-0.4, -0.2) is 73.9 Å². The summed E-state index contributed by atoms with van der Waals surface area (Å²) in [6.07, 6.45) is 4.28. The van der Waals surface area contributed by atoms with E-state index in [1.165, 1.54) is 39.0 Å². The Kier molecular flexibility index (Phi) is 6.75. The smallest absolute Gasteiger partial charge is 0.0518 e. The van der Waals surface area contributed by atoms with Crippen molar-refractivity contribution in [3.8, 4) is 0 Å². The highest BCUT2D eigenvalue weighted by atomic mass is 16.5. The minimum Gasteiger partial charge on any atom is -0.379 e. The Bertz CT molecular complexity index is 272. The number of piperazine rings is 1. The maximum Gasteiger partial charge on any atom is 0.0518 e. The summed E-state index contributed by atoms with van der Waals surface area (Å²) in [5.41, 5.74) is 0. The monoisotopic (exact) mass is 283 g/mol. The van der Waals surface area contributed by atoms with Crippen molar-refractivity contribution in [1.29, 1.82) is 0 Å². The van der Waals surface area contributed by atoms with Crippen molar-refractivity contribution < 1.29 is 4.74 Å². The van der Waals surface area contributed by atoms with E-state index in [0.717, 1.165) is 38.2 Å². The van der Waals surface area contributed by atoms with Crippen molar-refractivity contribution >= 4 is 0 Å². The molecule has 2 aliphatic heterocycles. The van der Waals surface area contributed by atoms with E-state index in [-0.39, 0.29) is 0 Å². The molecule has 0 aromatic carbocycles. The van der Waals surface area contributed by atoms with Gasteiger partial charge in [0.25, 0.3) is 0 Å². The molecule has 0 aliphatic carbocycles. The van der Waals surface area contributed by atoms with Crippen LogP contribution in [0.2, 0.25) is 0 Å². The fraction of sp³-hybridized carbons (Fsp3) is 1.00. The maximum absolute atomic E-state index is 5.55. The summed E-state index contributed by atoms with van der Waals surface area (Å²) >= 11 is 0. The lowest BCUT2D eigenvalue weighted by molar-refractivity contribution is 0.0595. The Morgan fingerprint density at radius 3 is 2.90 bits per heavy atom. The molecular weight excluding hydrogens is 250 g/mol. The van der Waals surface area contributed by atoms with Crippen LogP contribution in [0, 0.1) is 0 Å². The van der Waals surface area contributed by atoms with E-state index in [1.807, 2.05) is 0 Å². The van der Waals surface area contributed by atoms with Crippen LogP contribution >= 0.6 is 0 Å². The zero-order chi connectivity index (χ0) is 14.4. The van der Waals surface area contributed by atoms with Gasteiger partial charge < -0.3 is 10.1 Å². The Balaban J connectivity index is 1.53. The van der Waals surface area contributed by atoms with Crippen LogP contribution in [0.15, 0.2) is 0 Å². The second-order valence-corrected chi connectivity index (χ2v) is 6.66. The number of rotatable bonds is 8. The van der Waals surface area contributed by atoms with Gasteiger partial charge >= 0.3 is 0 Å². The standard InChI is InChI=1S/C16H33N3O/c1-14(2)20-11-5-7-17-8-10-18-13-16-6-4-9-19(16)12-15(18)3/h14-17H,4-13H2,1-3H3. The number of nitrogens with zero attached hydrogens (tertiary/aromatic N) is 2. The molecule has 2 saturated heterocycles. The third-order valence-corrected chi connectivity index (χ3v) is 4.59. The predicted octanol–water partition coefficient (Wildman–Crippen LogP) is 1.56. The van der Waals surface area contributed by atoms with Crippen molar-refractivity contribution in [2.45, 2.75) is 58.2 Å². The molecule has 118 valence electrons. The van der Waals surface area contributed by atoms with Gasteiger partial charge in [0.2, 0.25) is 0 Å². The van der Waals surface area contributed by atoms with Gasteiger partial charge in [-0.15, -0.1) is 0 Å². The number of nitrogens with one attached hydrogen (secondary N) is 1. The first-order chi connectivity index (χ1) is 9.66. The van der Waals surface area contributed by atoms with Gasteiger partial charge in [-0.05, 0) is 53.1 Å². The van der Waals surface area contributed by atoms with Crippen LogP contribution < -0.4 is 5.32 Å². The first-order valence-corrected chi connectivity index (χ1v) is 8.47. The zero-order valence-corrected chi connectivity index (χ0v) is 13.6. The quantitative estimate of drug-likeness (QED) is 0.684. The topological polar surface area (TPSA) is 27.7 Å². The van der Waals surface area contributed by atoms with Gasteiger partial charge in [0.1, 0.15) is 0 Å². The lowest BCUT2D eigenvalue weighted by Crippen LogP contribution is -2.56. The molecule has 2 unspecified atom stereocenters. The molecule has 0 radical (unpaired) electrons. The van der Waals surface area contributed by atoms with Crippen LogP contribution in [0.5, 0.6) is 0 Å². The molecule has 1 N–H and O–H groups in total. The summed E-state index contributed by atoms with van der Waals surface area (Å²) in [4.78, 5) is 5.36. The second-order valence-electron chi connectivity index (χ2n) is 6.66.